The maximum Gasteiger partial charge on any atom is 0.230 e. The maximum atomic E-state index is 12.3. The summed E-state index contributed by atoms with van der Waals surface area (Å²) in [5.74, 6) is -0.0762. The van der Waals surface area contributed by atoms with Crippen LogP contribution in [0, 0.1) is 25.2 Å². The smallest absolute Gasteiger partial charge is 0.230 e. The van der Waals surface area contributed by atoms with Crippen LogP contribution in [0.25, 0.3) is 11.3 Å². The molecule has 2 aromatic carbocycles. The van der Waals surface area contributed by atoms with Crippen molar-refractivity contribution in [3.05, 3.63) is 70.1 Å². The molecule has 0 fully saturated rings. The van der Waals surface area contributed by atoms with Crippen LogP contribution in [-0.2, 0) is 11.2 Å². The van der Waals surface area contributed by atoms with Crippen LogP contribution < -0.4 is 5.32 Å². The summed E-state index contributed by atoms with van der Waals surface area (Å²) < 4.78 is 0. The lowest BCUT2D eigenvalue weighted by Gasteiger charge is -2.06. The molecular weight excluding hydrogens is 330 g/mol. The molecule has 0 unspecified atom stereocenters. The molecule has 0 aliphatic rings. The highest BCUT2D eigenvalue weighted by Gasteiger charge is 2.10. The van der Waals surface area contributed by atoms with Crippen molar-refractivity contribution in [2.24, 2.45) is 0 Å². The van der Waals surface area contributed by atoms with Crippen LogP contribution >= 0.6 is 11.3 Å². The monoisotopic (exact) mass is 347 g/mol. The van der Waals surface area contributed by atoms with Gasteiger partial charge in [-0.05, 0) is 37.1 Å². The summed E-state index contributed by atoms with van der Waals surface area (Å²) >= 11 is 1.39. The maximum absolute atomic E-state index is 12.3. The molecule has 0 bridgehead atoms. The quantitative estimate of drug-likeness (QED) is 0.757. The molecule has 124 valence electrons. The topological polar surface area (TPSA) is 65.8 Å². The highest BCUT2D eigenvalue weighted by molar-refractivity contribution is 7.14. The third kappa shape index (κ3) is 4.11. The van der Waals surface area contributed by atoms with Crippen LogP contribution in [0.5, 0.6) is 0 Å². The molecule has 0 aliphatic heterocycles. The minimum atomic E-state index is -0.0762. The number of carbonyl (C=O) groups is 1. The largest absolute Gasteiger partial charge is 0.302 e. The molecule has 25 heavy (non-hydrogen) atoms. The van der Waals surface area contributed by atoms with E-state index in [2.05, 4.69) is 22.4 Å². The van der Waals surface area contributed by atoms with Crippen LogP contribution in [0.3, 0.4) is 0 Å². The van der Waals surface area contributed by atoms with Crippen molar-refractivity contribution < 1.29 is 4.79 Å². The Bertz CT molecular complexity index is 952. The molecule has 1 amide bonds. The number of aromatic nitrogens is 1. The Morgan fingerprint density at radius 3 is 2.64 bits per heavy atom. The van der Waals surface area contributed by atoms with Crippen LogP contribution in [0.4, 0.5) is 5.13 Å². The number of aryl methyl sites for hydroxylation is 2. The zero-order valence-corrected chi connectivity index (χ0v) is 14.9. The lowest BCUT2D eigenvalue weighted by Crippen LogP contribution is -2.14. The standard InChI is InChI=1S/C20H17N3OS/c1-13-3-6-17(14(2)9-13)10-19(24)23-20-22-18(12-25-20)16-7-4-15(11-21)5-8-16/h3-9,12H,10H2,1-2H3,(H,22,23,24). The van der Waals surface area contributed by atoms with E-state index >= 15 is 0 Å². The minimum Gasteiger partial charge on any atom is -0.302 e. The fraction of sp³-hybridized carbons (Fsp3) is 0.150. The first kappa shape index (κ1) is 16.9. The fourth-order valence-corrected chi connectivity index (χ4v) is 3.30. The number of thiazole rings is 1. The van der Waals surface area contributed by atoms with Gasteiger partial charge in [0.15, 0.2) is 5.13 Å². The number of carbonyl (C=O) groups excluding carboxylic acids is 1. The molecule has 0 spiro atoms. The first-order valence-corrected chi connectivity index (χ1v) is 8.75. The summed E-state index contributed by atoms with van der Waals surface area (Å²) in [6.45, 7) is 4.05. The average Bonchev–Trinajstić information content (AvgIpc) is 3.06. The third-order valence-corrected chi connectivity index (χ3v) is 4.67. The second-order valence-corrected chi connectivity index (χ2v) is 6.74. The number of nitriles is 1. The predicted octanol–water partition coefficient (Wildman–Crippen LogP) is 4.48. The molecule has 5 heteroatoms. The lowest BCUT2D eigenvalue weighted by atomic mass is 10.0. The summed E-state index contributed by atoms with van der Waals surface area (Å²) in [6, 6.07) is 15.4. The van der Waals surface area contributed by atoms with Crippen molar-refractivity contribution in [1.82, 2.24) is 4.98 Å². The number of nitrogens with one attached hydrogen (secondary N) is 1. The minimum absolute atomic E-state index is 0.0762. The highest BCUT2D eigenvalue weighted by Crippen LogP contribution is 2.25. The van der Waals surface area contributed by atoms with E-state index in [4.69, 9.17) is 5.26 Å². The van der Waals surface area contributed by atoms with E-state index in [1.54, 1.807) is 12.1 Å². The van der Waals surface area contributed by atoms with Crippen LogP contribution in [0.1, 0.15) is 22.3 Å². The summed E-state index contributed by atoms with van der Waals surface area (Å²) in [4.78, 5) is 16.7. The Kier molecular flexibility index (Phi) is 4.92. The van der Waals surface area contributed by atoms with E-state index in [9.17, 15) is 4.79 Å². The summed E-state index contributed by atoms with van der Waals surface area (Å²) in [6.07, 6.45) is 0.331. The molecule has 1 N–H and O–H groups in total. The number of anilines is 1. The van der Waals surface area contributed by atoms with Crippen molar-refractivity contribution in [3.63, 3.8) is 0 Å². The number of hydrogen-bond donors (Lipinski definition) is 1. The average molecular weight is 347 g/mol. The molecule has 1 aromatic heterocycles. The zero-order chi connectivity index (χ0) is 17.8. The van der Waals surface area contributed by atoms with E-state index in [1.165, 1.54) is 16.9 Å². The van der Waals surface area contributed by atoms with Gasteiger partial charge < -0.3 is 5.32 Å². The van der Waals surface area contributed by atoms with Gasteiger partial charge in [0.25, 0.3) is 0 Å². The van der Waals surface area contributed by atoms with E-state index in [0.29, 0.717) is 17.1 Å². The molecule has 0 atom stereocenters. The van der Waals surface area contributed by atoms with Gasteiger partial charge in [-0.15, -0.1) is 11.3 Å². The number of amides is 1. The summed E-state index contributed by atoms with van der Waals surface area (Å²) in [7, 11) is 0. The zero-order valence-electron chi connectivity index (χ0n) is 14.0. The Morgan fingerprint density at radius 2 is 1.96 bits per heavy atom. The molecule has 0 aliphatic carbocycles. The van der Waals surface area contributed by atoms with Crippen molar-refractivity contribution in [2.45, 2.75) is 20.3 Å². The van der Waals surface area contributed by atoms with Gasteiger partial charge in [-0.25, -0.2) is 4.98 Å². The second kappa shape index (κ2) is 7.29. The first-order chi connectivity index (χ1) is 12.0. The predicted molar refractivity (Wildman–Crippen MR) is 101 cm³/mol. The number of hydrogen-bond acceptors (Lipinski definition) is 4. The summed E-state index contributed by atoms with van der Waals surface area (Å²) in [5.41, 5.74) is 5.65. The highest BCUT2D eigenvalue weighted by atomic mass is 32.1. The normalized spacial score (nSPS) is 10.3. The molecule has 1 heterocycles. The van der Waals surface area contributed by atoms with E-state index < -0.39 is 0 Å². The molecule has 4 nitrogen and oxygen atoms in total. The van der Waals surface area contributed by atoms with Gasteiger partial charge in [0, 0.05) is 10.9 Å². The third-order valence-electron chi connectivity index (χ3n) is 3.91. The Hall–Kier alpha value is -2.97. The molecule has 3 aromatic rings. The van der Waals surface area contributed by atoms with Crippen molar-refractivity contribution in [1.29, 1.82) is 5.26 Å². The first-order valence-electron chi connectivity index (χ1n) is 7.87. The van der Waals surface area contributed by atoms with Crippen LogP contribution in [0.15, 0.2) is 47.8 Å². The molecule has 0 saturated carbocycles. The lowest BCUT2D eigenvalue weighted by molar-refractivity contribution is -0.115. The number of nitrogens with zero attached hydrogens (tertiary/aromatic N) is 2. The van der Waals surface area contributed by atoms with Gasteiger partial charge in [0.1, 0.15) is 0 Å². The van der Waals surface area contributed by atoms with Crippen molar-refractivity contribution in [3.8, 4) is 17.3 Å². The van der Waals surface area contributed by atoms with Gasteiger partial charge in [-0.3, -0.25) is 4.79 Å². The van der Waals surface area contributed by atoms with Crippen LogP contribution in [0.2, 0.25) is 0 Å². The Balaban J connectivity index is 1.68. The van der Waals surface area contributed by atoms with E-state index in [0.717, 1.165) is 22.4 Å². The van der Waals surface area contributed by atoms with Gasteiger partial charge in [-0.1, -0.05) is 35.9 Å². The van der Waals surface area contributed by atoms with Gasteiger partial charge in [0.2, 0.25) is 5.91 Å². The van der Waals surface area contributed by atoms with Crippen molar-refractivity contribution >= 4 is 22.4 Å². The van der Waals surface area contributed by atoms with Crippen molar-refractivity contribution in [2.75, 3.05) is 5.32 Å². The van der Waals surface area contributed by atoms with Gasteiger partial charge in [0.05, 0.1) is 23.7 Å². The second-order valence-electron chi connectivity index (χ2n) is 5.88. The van der Waals surface area contributed by atoms with Crippen LogP contribution in [-0.4, -0.2) is 10.9 Å². The fourth-order valence-electron chi connectivity index (χ4n) is 2.56. The Morgan fingerprint density at radius 1 is 1.20 bits per heavy atom. The number of rotatable bonds is 4. The number of benzene rings is 2. The van der Waals surface area contributed by atoms with Gasteiger partial charge >= 0.3 is 0 Å². The summed E-state index contributed by atoms with van der Waals surface area (Å²) in [5, 5.41) is 14.2. The molecular formula is C20H17N3OS. The molecule has 0 saturated heterocycles. The molecule has 3 rings (SSSR count). The molecule has 0 radical (unpaired) electrons. The SMILES string of the molecule is Cc1ccc(CC(=O)Nc2nc(-c3ccc(C#N)cc3)cs2)c(C)c1. The van der Waals surface area contributed by atoms with Gasteiger partial charge in [-0.2, -0.15) is 5.26 Å². The Labute approximate surface area is 150 Å². The van der Waals surface area contributed by atoms with E-state index in [1.807, 2.05) is 43.5 Å². The van der Waals surface area contributed by atoms with E-state index in [-0.39, 0.29) is 5.91 Å².